The van der Waals surface area contributed by atoms with Crippen LogP contribution in [0.25, 0.3) is 43.9 Å². The highest BCUT2D eigenvalue weighted by atomic mass is 16.5. The lowest BCUT2D eigenvalue weighted by Gasteiger charge is -2.04. The molecule has 0 radical (unpaired) electrons. The fourth-order valence-electron chi connectivity index (χ4n) is 3.45. The van der Waals surface area contributed by atoms with Crippen LogP contribution >= 0.6 is 0 Å². The number of nitrogens with zero attached hydrogens (tertiary/aromatic N) is 1. The molecule has 21 heavy (non-hydrogen) atoms. The number of aromatic nitrogens is 1. The third-order valence-corrected chi connectivity index (χ3v) is 4.39. The molecule has 98 valence electrons. The lowest BCUT2D eigenvalue weighted by molar-refractivity contribution is -0.576. The summed E-state index contributed by atoms with van der Waals surface area (Å²) >= 11 is 0. The largest absolute Gasteiger partial charge is 0.618 e. The van der Waals surface area contributed by atoms with Gasteiger partial charge < -0.3 is 5.21 Å². The topological polar surface area (TPSA) is 26.9 Å². The molecule has 2 heteroatoms. The summed E-state index contributed by atoms with van der Waals surface area (Å²) < 4.78 is 0.952. The van der Waals surface area contributed by atoms with Gasteiger partial charge in [0.05, 0.1) is 5.39 Å². The second kappa shape index (κ2) is 3.61. The lowest BCUT2D eigenvalue weighted by atomic mass is 9.99. The Morgan fingerprint density at radius 1 is 0.667 bits per heavy atom. The number of benzene rings is 3. The molecule has 5 rings (SSSR count). The van der Waals surface area contributed by atoms with E-state index >= 15 is 0 Å². The van der Waals surface area contributed by atoms with Crippen LogP contribution in [0.4, 0.5) is 0 Å². The van der Waals surface area contributed by atoms with Crippen molar-refractivity contribution in [3.8, 4) is 22.3 Å². The van der Waals surface area contributed by atoms with Gasteiger partial charge in [0.15, 0.2) is 6.20 Å². The Bertz CT molecular complexity index is 1000. The summed E-state index contributed by atoms with van der Waals surface area (Å²) in [6.45, 7) is 0. The number of hydrogen-bond donors (Lipinski definition) is 0. The predicted molar refractivity (Wildman–Crippen MR) is 84.8 cm³/mol. The minimum absolute atomic E-state index is 0.741. The van der Waals surface area contributed by atoms with Crippen LogP contribution in [-0.2, 0) is 0 Å². The highest BCUT2D eigenvalue weighted by Gasteiger charge is 2.24. The van der Waals surface area contributed by atoms with Crippen LogP contribution in [0.1, 0.15) is 0 Å². The molecule has 0 atom stereocenters. The summed E-state index contributed by atoms with van der Waals surface area (Å²) in [6.07, 6.45) is 1.60. The molecule has 4 aromatic rings. The van der Waals surface area contributed by atoms with Crippen molar-refractivity contribution >= 4 is 21.7 Å². The first kappa shape index (κ1) is 10.9. The Balaban J connectivity index is 2.01. The van der Waals surface area contributed by atoms with Crippen molar-refractivity contribution in [3.05, 3.63) is 72.1 Å². The standard InChI is InChI=1S/C19H11NO/c21-20-9-8-15-17-11-13-5-2-1-4-12(13)10-16(17)14-6-3-7-18(20)19(14)15/h1-11H. The van der Waals surface area contributed by atoms with Gasteiger partial charge >= 0.3 is 0 Å². The van der Waals surface area contributed by atoms with Crippen molar-refractivity contribution in [2.24, 2.45) is 0 Å². The molecule has 0 N–H and O–H groups in total. The number of rotatable bonds is 0. The molecular formula is C19H11NO. The Labute approximate surface area is 121 Å². The van der Waals surface area contributed by atoms with E-state index in [2.05, 4.69) is 42.5 Å². The summed E-state index contributed by atoms with van der Waals surface area (Å²) in [6, 6.07) is 20.7. The second-order valence-corrected chi connectivity index (χ2v) is 5.50. The Morgan fingerprint density at radius 2 is 1.33 bits per heavy atom. The van der Waals surface area contributed by atoms with Gasteiger partial charge in [-0.25, -0.2) is 0 Å². The van der Waals surface area contributed by atoms with Crippen LogP contribution in [0.3, 0.4) is 0 Å². The molecule has 0 unspecified atom stereocenters. The summed E-state index contributed by atoms with van der Waals surface area (Å²) in [7, 11) is 0. The number of hydrogen-bond acceptors (Lipinski definition) is 1. The minimum atomic E-state index is 0.741. The van der Waals surface area contributed by atoms with Crippen LogP contribution in [0, 0.1) is 5.21 Å². The minimum Gasteiger partial charge on any atom is -0.618 e. The maximum absolute atomic E-state index is 12.0. The quantitative estimate of drug-likeness (QED) is 0.304. The van der Waals surface area contributed by atoms with Crippen LogP contribution in [0.2, 0.25) is 0 Å². The van der Waals surface area contributed by atoms with Gasteiger partial charge in [-0.1, -0.05) is 36.4 Å². The van der Waals surface area contributed by atoms with E-state index in [0.29, 0.717) is 0 Å². The molecule has 1 heterocycles. The van der Waals surface area contributed by atoms with Gasteiger partial charge in [-0.3, -0.25) is 0 Å². The summed E-state index contributed by atoms with van der Waals surface area (Å²) in [4.78, 5) is 0. The maximum atomic E-state index is 12.0. The van der Waals surface area contributed by atoms with Crippen LogP contribution in [-0.4, -0.2) is 0 Å². The van der Waals surface area contributed by atoms with Gasteiger partial charge in [0, 0.05) is 17.7 Å². The van der Waals surface area contributed by atoms with Gasteiger partial charge in [-0.15, -0.1) is 0 Å². The van der Waals surface area contributed by atoms with Gasteiger partial charge in [0.1, 0.15) is 0 Å². The normalized spacial score (nSPS) is 12.0. The molecular weight excluding hydrogens is 258 g/mol. The van der Waals surface area contributed by atoms with Crippen molar-refractivity contribution < 1.29 is 4.73 Å². The van der Waals surface area contributed by atoms with E-state index in [0.717, 1.165) is 26.8 Å². The van der Waals surface area contributed by atoms with E-state index in [-0.39, 0.29) is 0 Å². The van der Waals surface area contributed by atoms with Gasteiger partial charge in [0.25, 0.3) is 0 Å². The highest BCUT2D eigenvalue weighted by molar-refractivity contribution is 6.15. The van der Waals surface area contributed by atoms with E-state index in [1.54, 1.807) is 6.20 Å². The average Bonchev–Trinajstić information content (AvgIpc) is 2.84. The zero-order chi connectivity index (χ0) is 14.0. The Morgan fingerprint density at radius 3 is 2.05 bits per heavy atom. The predicted octanol–water partition coefficient (Wildman–Crippen LogP) is 4.27. The SMILES string of the molecule is [O-][n+]1ccc2c3c(cccc31)-c1cc3ccccc3cc1-2. The number of pyridine rings is 1. The summed E-state index contributed by atoms with van der Waals surface area (Å²) in [5, 5.41) is 15.5. The first-order valence-corrected chi connectivity index (χ1v) is 7.01. The van der Waals surface area contributed by atoms with Crippen molar-refractivity contribution in [2.75, 3.05) is 0 Å². The van der Waals surface area contributed by atoms with Crippen LogP contribution in [0.5, 0.6) is 0 Å². The van der Waals surface area contributed by atoms with Crippen LogP contribution < -0.4 is 4.73 Å². The summed E-state index contributed by atoms with van der Waals surface area (Å²) in [5.74, 6) is 0. The van der Waals surface area contributed by atoms with Crippen molar-refractivity contribution in [2.45, 2.75) is 0 Å². The van der Waals surface area contributed by atoms with Gasteiger partial charge in [-0.2, -0.15) is 4.73 Å². The third kappa shape index (κ3) is 1.29. The molecule has 0 aliphatic heterocycles. The van der Waals surface area contributed by atoms with Crippen molar-refractivity contribution in [1.29, 1.82) is 0 Å². The highest BCUT2D eigenvalue weighted by Crippen LogP contribution is 2.47. The maximum Gasteiger partial charge on any atom is 0.224 e. The molecule has 1 aromatic heterocycles. The summed E-state index contributed by atoms with van der Waals surface area (Å²) in [5.41, 5.74) is 5.51. The van der Waals surface area contributed by atoms with Crippen LogP contribution in [0.15, 0.2) is 66.9 Å². The fourth-order valence-corrected chi connectivity index (χ4v) is 3.45. The third-order valence-electron chi connectivity index (χ3n) is 4.39. The van der Waals surface area contributed by atoms with Gasteiger partial charge in [0.2, 0.25) is 5.52 Å². The van der Waals surface area contributed by atoms with Crippen molar-refractivity contribution in [1.82, 2.24) is 0 Å². The zero-order valence-corrected chi connectivity index (χ0v) is 11.2. The van der Waals surface area contributed by atoms with E-state index in [1.165, 1.54) is 21.9 Å². The lowest BCUT2D eigenvalue weighted by Crippen LogP contribution is -2.25. The van der Waals surface area contributed by atoms with E-state index in [9.17, 15) is 5.21 Å². The van der Waals surface area contributed by atoms with E-state index in [4.69, 9.17) is 0 Å². The van der Waals surface area contributed by atoms with E-state index < -0.39 is 0 Å². The smallest absolute Gasteiger partial charge is 0.224 e. The molecule has 2 nitrogen and oxygen atoms in total. The molecule has 3 aromatic carbocycles. The van der Waals surface area contributed by atoms with Gasteiger partial charge in [-0.05, 0) is 39.6 Å². The molecule has 0 saturated heterocycles. The molecule has 0 bridgehead atoms. The first-order chi connectivity index (χ1) is 10.3. The Hall–Kier alpha value is -2.87. The fraction of sp³-hybridized carbons (Fsp3) is 0. The molecule has 0 saturated carbocycles. The Kier molecular flexibility index (Phi) is 1.87. The molecule has 0 fully saturated rings. The molecule has 0 amide bonds. The zero-order valence-electron chi connectivity index (χ0n) is 11.2. The molecule has 0 spiro atoms. The monoisotopic (exact) mass is 269 g/mol. The van der Waals surface area contributed by atoms with E-state index in [1.807, 2.05) is 18.2 Å². The molecule has 1 aliphatic rings. The molecule has 1 aliphatic carbocycles. The first-order valence-electron chi connectivity index (χ1n) is 7.01. The van der Waals surface area contributed by atoms with Crippen molar-refractivity contribution in [3.63, 3.8) is 0 Å². The second-order valence-electron chi connectivity index (χ2n) is 5.50. The average molecular weight is 269 g/mol. The number of fused-ring (bicyclic) bond motifs is 4.